The van der Waals surface area contributed by atoms with Gasteiger partial charge in [0, 0.05) is 30.3 Å². The van der Waals surface area contributed by atoms with E-state index in [9.17, 15) is 24.3 Å². The zero-order valence-electron chi connectivity index (χ0n) is 28.8. The van der Waals surface area contributed by atoms with Crippen molar-refractivity contribution in [3.63, 3.8) is 0 Å². The molecule has 12 heteroatoms. The summed E-state index contributed by atoms with van der Waals surface area (Å²) in [5, 5.41) is 12.6. The van der Waals surface area contributed by atoms with Crippen LogP contribution in [0.15, 0.2) is 66.9 Å². The van der Waals surface area contributed by atoms with Crippen LogP contribution in [-0.4, -0.2) is 62.6 Å². The van der Waals surface area contributed by atoms with Crippen LogP contribution in [0.4, 0.5) is 4.79 Å². The molecule has 1 aromatic heterocycles. The fourth-order valence-electron chi connectivity index (χ4n) is 5.59. The summed E-state index contributed by atoms with van der Waals surface area (Å²) >= 11 is 0. The van der Waals surface area contributed by atoms with Crippen molar-refractivity contribution in [1.82, 2.24) is 20.2 Å². The average Bonchev–Trinajstić information content (AvgIpc) is 3.54. The zero-order chi connectivity index (χ0) is 36.0. The molecule has 4 aromatic rings. The number of primary amides is 1. The Balaban J connectivity index is 1.80. The normalized spacial score (nSPS) is 12.5. The smallest absolute Gasteiger partial charge is 0.408 e. The second-order valence-corrected chi connectivity index (χ2v) is 12.9. The van der Waals surface area contributed by atoms with Crippen molar-refractivity contribution >= 4 is 23.9 Å². The highest BCUT2D eigenvalue weighted by molar-refractivity contribution is 5.93. The van der Waals surface area contributed by atoms with Crippen molar-refractivity contribution in [2.45, 2.75) is 72.2 Å². The van der Waals surface area contributed by atoms with Crippen molar-refractivity contribution in [1.29, 1.82) is 0 Å². The molecule has 0 aliphatic carbocycles. The molecule has 0 radical (unpaired) electrons. The van der Waals surface area contributed by atoms with Gasteiger partial charge in [-0.05, 0) is 88.1 Å². The predicted molar refractivity (Wildman–Crippen MR) is 184 cm³/mol. The molecule has 258 valence electrons. The van der Waals surface area contributed by atoms with Crippen molar-refractivity contribution in [3.05, 3.63) is 106 Å². The quantitative estimate of drug-likeness (QED) is 0.148. The zero-order valence-corrected chi connectivity index (χ0v) is 28.8. The van der Waals surface area contributed by atoms with Gasteiger partial charge in [0.25, 0.3) is 0 Å². The summed E-state index contributed by atoms with van der Waals surface area (Å²) in [5.41, 5.74) is 9.23. The molecule has 1 heterocycles. The number of H-pyrrole nitrogens is 1. The number of carbonyl (C=O) groups excluding carboxylic acids is 3. The summed E-state index contributed by atoms with van der Waals surface area (Å²) in [6.45, 7) is 10.6. The molecule has 49 heavy (non-hydrogen) atoms. The van der Waals surface area contributed by atoms with E-state index in [0.717, 1.165) is 22.3 Å². The van der Waals surface area contributed by atoms with Crippen LogP contribution in [0.1, 0.15) is 82.5 Å². The summed E-state index contributed by atoms with van der Waals surface area (Å²) in [6.07, 6.45) is 1.03. The number of carboxylic acids is 1. The number of aromatic amines is 1. The topological polar surface area (TPSA) is 177 Å². The maximum absolute atomic E-state index is 14.8. The monoisotopic (exact) mass is 669 g/mol. The number of nitrogens with one attached hydrogen (secondary N) is 2. The first-order valence-electron chi connectivity index (χ1n) is 15.8. The number of nitrogens with two attached hydrogens (primary N) is 1. The number of aryl methyl sites for hydroxylation is 2. The Hall–Kier alpha value is -5.65. The Morgan fingerprint density at radius 2 is 1.67 bits per heavy atom. The van der Waals surface area contributed by atoms with Crippen LogP contribution >= 0.6 is 0 Å². The number of methoxy groups -OCH3 is 1. The lowest BCUT2D eigenvalue weighted by Gasteiger charge is -2.33. The molecule has 2 atom stereocenters. The maximum Gasteiger partial charge on any atom is 0.408 e. The number of hydrogen-bond acceptors (Lipinski definition) is 7. The second-order valence-electron chi connectivity index (χ2n) is 12.9. The summed E-state index contributed by atoms with van der Waals surface area (Å²) < 4.78 is 10.8. The third kappa shape index (κ3) is 9.04. The van der Waals surface area contributed by atoms with E-state index in [1.807, 2.05) is 44.2 Å². The molecule has 3 amide bonds. The first-order valence-corrected chi connectivity index (χ1v) is 15.8. The lowest BCUT2D eigenvalue weighted by Crippen LogP contribution is -2.51. The largest absolute Gasteiger partial charge is 0.496 e. The minimum absolute atomic E-state index is 0.0310. The number of nitrogens with zero attached hydrogens (tertiary/aromatic N) is 2. The van der Waals surface area contributed by atoms with E-state index >= 15 is 0 Å². The number of rotatable bonds is 12. The number of amides is 3. The number of ether oxygens (including phenoxy) is 2. The number of aromatic carboxylic acids is 1. The maximum atomic E-state index is 14.8. The average molecular weight is 670 g/mol. The third-order valence-electron chi connectivity index (χ3n) is 8.04. The van der Waals surface area contributed by atoms with Gasteiger partial charge in [0.1, 0.15) is 28.8 Å². The van der Waals surface area contributed by atoms with Gasteiger partial charge in [0.2, 0.25) is 11.8 Å². The van der Waals surface area contributed by atoms with Gasteiger partial charge in [-0.2, -0.15) is 0 Å². The number of hydrogen-bond donors (Lipinski definition) is 4. The van der Waals surface area contributed by atoms with Crippen LogP contribution in [0.2, 0.25) is 0 Å². The van der Waals surface area contributed by atoms with Crippen LogP contribution in [-0.2, 0) is 22.5 Å². The number of carboxylic acid groups (broad SMARTS) is 1. The molecule has 5 N–H and O–H groups in total. The Morgan fingerprint density at radius 1 is 1.02 bits per heavy atom. The van der Waals surface area contributed by atoms with Crippen LogP contribution in [0.3, 0.4) is 0 Å². The van der Waals surface area contributed by atoms with E-state index in [0.29, 0.717) is 22.6 Å². The van der Waals surface area contributed by atoms with Crippen molar-refractivity contribution in [2.75, 3.05) is 7.11 Å². The number of alkyl carbamates (subject to hydrolysis) is 1. The van der Waals surface area contributed by atoms with Crippen LogP contribution in [0.25, 0.3) is 11.3 Å². The van der Waals surface area contributed by atoms with Crippen molar-refractivity contribution in [3.8, 4) is 17.0 Å². The highest BCUT2D eigenvalue weighted by Gasteiger charge is 2.33. The van der Waals surface area contributed by atoms with Gasteiger partial charge in [-0.15, -0.1) is 0 Å². The predicted octanol–water partition coefficient (Wildman–Crippen LogP) is 5.73. The van der Waals surface area contributed by atoms with Gasteiger partial charge < -0.3 is 35.5 Å². The third-order valence-corrected chi connectivity index (χ3v) is 8.04. The van der Waals surface area contributed by atoms with Gasteiger partial charge in [-0.25, -0.2) is 14.6 Å². The van der Waals surface area contributed by atoms with Gasteiger partial charge >= 0.3 is 12.1 Å². The Labute approximate surface area is 285 Å². The summed E-state index contributed by atoms with van der Waals surface area (Å²) in [6, 6.07) is 15.7. The molecule has 0 bridgehead atoms. The molecular weight excluding hydrogens is 626 g/mol. The molecule has 0 saturated carbocycles. The standard InChI is InChI=1S/C37H43N5O7/c1-21-15-26(32(38)43)16-22(2)27(21)18-29(41-36(47)49-37(4,5)6)34(44)42(20-24-13-14-31(48-7)28(17-24)35(45)46)23(3)33-39-19-30(40-33)25-11-9-8-10-12-25/h8-17,19,23,29H,18,20H2,1-7H3,(H2,38,43)(H,39,40)(H,41,47)(H,45,46)/t23-,29?/m0/s1. The molecule has 0 saturated heterocycles. The molecular formula is C37H43N5O7. The number of imidazole rings is 1. The van der Waals surface area contributed by atoms with E-state index in [4.69, 9.17) is 20.2 Å². The van der Waals surface area contributed by atoms with Crippen LogP contribution in [0, 0.1) is 13.8 Å². The molecule has 0 spiro atoms. The summed E-state index contributed by atoms with van der Waals surface area (Å²) in [4.78, 5) is 61.5. The van der Waals surface area contributed by atoms with Crippen LogP contribution in [0.5, 0.6) is 5.75 Å². The molecule has 1 unspecified atom stereocenters. The molecule has 0 fully saturated rings. The fraction of sp³-hybridized carbons (Fsp3) is 0.324. The SMILES string of the molecule is COc1ccc(CN(C(=O)C(Cc2c(C)cc(C(N)=O)cc2C)NC(=O)OC(C)(C)C)[C@@H](C)c2nc(-c3ccccc3)c[nH]2)cc1C(=O)O. The highest BCUT2D eigenvalue weighted by Crippen LogP contribution is 2.28. The minimum atomic E-state index is -1.18. The Morgan fingerprint density at radius 3 is 2.24 bits per heavy atom. The Bertz CT molecular complexity index is 1820. The van der Waals surface area contributed by atoms with Gasteiger partial charge in [0.05, 0.1) is 18.8 Å². The number of carbonyl (C=O) groups is 4. The van der Waals surface area contributed by atoms with Gasteiger partial charge in [0.15, 0.2) is 0 Å². The molecule has 3 aromatic carbocycles. The molecule has 0 aliphatic heterocycles. The molecule has 12 nitrogen and oxygen atoms in total. The summed E-state index contributed by atoms with van der Waals surface area (Å²) in [7, 11) is 1.38. The second kappa shape index (κ2) is 15.1. The van der Waals surface area contributed by atoms with E-state index < -0.39 is 41.6 Å². The highest BCUT2D eigenvalue weighted by atomic mass is 16.6. The van der Waals surface area contributed by atoms with E-state index in [1.54, 1.807) is 52.1 Å². The van der Waals surface area contributed by atoms with Crippen molar-refractivity contribution < 1.29 is 33.8 Å². The Kier molecular flexibility index (Phi) is 11.1. The van der Waals surface area contributed by atoms with E-state index in [-0.39, 0.29) is 24.3 Å². The minimum Gasteiger partial charge on any atom is -0.496 e. The number of benzene rings is 3. The van der Waals surface area contributed by atoms with E-state index in [1.165, 1.54) is 24.1 Å². The van der Waals surface area contributed by atoms with Crippen LogP contribution < -0.4 is 15.8 Å². The van der Waals surface area contributed by atoms with E-state index in [2.05, 4.69) is 10.3 Å². The first kappa shape index (κ1) is 36.2. The first-order chi connectivity index (χ1) is 23.1. The molecule has 0 aliphatic rings. The molecule has 4 rings (SSSR count). The van der Waals surface area contributed by atoms with Gasteiger partial charge in [-0.1, -0.05) is 36.4 Å². The van der Waals surface area contributed by atoms with Crippen molar-refractivity contribution in [2.24, 2.45) is 5.73 Å². The number of aromatic nitrogens is 2. The lowest BCUT2D eigenvalue weighted by atomic mass is 9.93. The van der Waals surface area contributed by atoms with Gasteiger partial charge in [-0.3, -0.25) is 9.59 Å². The lowest BCUT2D eigenvalue weighted by molar-refractivity contribution is -0.136. The summed E-state index contributed by atoms with van der Waals surface area (Å²) in [5.74, 6) is -1.57. The fourth-order valence-corrected chi connectivity index (χ4v) is 5.59.